The Morgan fingerprint density at radius 2 is 1.86 bits per heavy atom. The standard InChI is InChI=1S/C15H21NO4S/c1-4-10-6-8-11(9-7-10)12-13(21(3,18)19)15(12,16)14(17)20-5-2/h6-9,12-13H,4-5,16H2,1-3H3/t12-,13-,15-/m0/s1. The summed E-state index contributed by atoms with van der Waals surface area (Å²) in [5.41, 5.74) is 6.53. The third-order valence-electron chi connectivity index (χ3n) is 4.02. The predicted octanol–water partition coefficient (Wildman–Crippen LogP) is 1.02. The van der Waals surface area contributed by atoms with Gasteiger partial charge in [0.1, 0.15) is 5.54 Å². The van der Waals surface area contributed by atoms with Gasteiger partial charge in [0, 0.05) is 12.2 Å². The molecule has 6 heteroatoms. The van der Waals surface area contributed by atoms with Crippen LogP contribution in [0.15, 0.2) is 24.3 Å². The lowest BCUT2D eigenvalue weighted by Crippen LogP contribution is -2.41. The molecule has 21 heavy (non-hydrogen) atoms. The Morgan fingerprint density at radius 1 is 1.29 bits per heavy atom. The SMILES string of the molecule is CCOC(=O)[C@]1(N)[C@@H](c2ccc(CC)cc2)[C@@H]1S(C)(=O)=O. The molecular weight excluding hydrogens is 290 g/mol. The molecule has 0 saturated heterocycles. The lowest BCUT2D eigenvalue weighted by atomic mass is 10.0. The average molecular weight is 311 g/mol. The van der Waals surface area contributed by atoms with Crippen molar-refractivity contribution < 1.29 is 17.9 Å². The largest absolute Gasteiger partial charge is 0.465 e. The van der Waals surface area contributed by atoms with Gasteiger partial charge in [0.25, 0.3) is 0 Å². The highest BCUT2D eigenvalue weighted by Crippen LogP contribution is 2.54. The molecule has 1 aromatic rings. The number of carbonyl (C=O) groups is 1. The Balaban J connectivity index is 2.38. The van der Waals surface area contributed by atoms with Crippen molar-refractivity contribution in [3.8, 4) is 0 Å². The fourth-order valence-corrected chi connectivity index (χ4v) is 4.64. The molecule has 1 saturated carbocycles. The van der Waals surface area contributed by atoms with E-state index in [0.29, 0.717) is 0 Å². The quantitative estimate of drug-likeness (QED) is 0.820. The molecule has 0 amide bonds. The Bertz CT molecular complexity index is 638. The average Bonchev–Trinajstić information content (AvgIpc) is 3.07. The van der Waals surface area contributed by atoms with Gasteiger partial charge in [0.2, 0.25) is 0 Å². The third-order valence-corrected chi connectivity index (χ3v) is 5.60. The highest BCUT2D eigenvalue weighted by Gasteiger charge is 2.73. The van der Waals surface area contributed by atoms with Crippen molar-refractivity contribution in [3.05, 3.63) is 35.4 Å². The summed E-state index contributed by atoms with van der Waals surface area (Å²) in [6.45, 7) is 3.89. The van der Waals surface area contributed by atoms with E-state index in [9.17, 15) is 13.2 Å². The van der Waals surface area contributed by atoms with Crippen molar-refractivity contribution in [2.24, 2.45) is 5.73 Å². The molecule has 2 N–H and O–H groups in total. The number of carbonyl (C=O) groups excluding carboxylic acids is 1. The molecule has 0 aromatic heterocycles. The van der Waals surface area contributed by atoms with Crippen LogP contribution in [0.1, 0.15) is 30.9 Å². The minimum atomic E-state index is -3.44. The zero-order chi connectivity index (χ0) is 15.8. The van der Waals surface area contributed by atoms with Gasteiger partial charge in [-0.3, -0.25) is 0 Å². The Morgan fingerprint density at radius 3 is 2.29 bits per heavy atom. The molecule has 0 bridgehead atoms. The summed E-state index contributed by atoms with van der Waals surface area (Å²) in [7, 11) is -3.44. The van der Waals surface area contributed by atoms with Gasteiger partial charge < -0.3 is 10.5 Å². The fraction of sp³-hybridized carbons (Fsp3) is 0.533. The summed E-state index contributed by atoms with van der Waals surface area (Å²) in [4.78, 5) is 12.1. The second-order valence-electron chi connectivity index (χ2n) is 5.48. The van der Waals surface area contributed by atoms with Crippen LogP contribution in [-0.2, 0) is 25.8 Å². The lowest BCUT2D eigenvalue weighted by Gasteiger charge is -2.10. The minimum absolute atomic E-state index is 0.176. The van der Waals surface area contributed by atoms with Gasteiger partial charge in [0.15, 0.2) is 9.84 Å². The molecule has 1 fully saturated rings. The normalized spacial score (nSPS) is 28.2. The number of rotatable bonds is 5. The third kappa shape index (κ3) is 2.70. The monoisotopic (exact) mass is 311 g/mol. The highest BCUT2D eigenvalue weighted by atomic mass is 32.2. The van der Waals surface area contributed by atoms with Gasteiger partial charge in [0.05, 0.1) is 11.9 Å². The molecule has 0 unspecified atom stereocenters. The van der Waals surface area contributed by atoms with Gasteiger partial charge in [-0.25, -0.2) is 13.2 Å². The Labute approximate surface area is 125 Å². The number of ether oxygens (including phenoxy) is 1. The van der Waals surface area contributed by atoms with Crippen molar-refractivity contribution >= 4 is 15.8 Å². The summed E-state index contributed by atoms with van der Waals surface area (Å²) in [5.74, 6) is -1.19. The summed E-state index contributed by atoms with van der Waals surface area (Å²) < 4.78 is 28.8. The zero-order valence-corrected chi connectivity index (χ0v) is 13.3. The molecule has 1 aromatic carbocycles. The van der Waals surface area contributed by atoms with Crippen molar-refractivity contribution in [3.63, 3.8) is 0 Å². The zero-order valence-electron chi connectivity index (χ0n) is 12.5. The molecule has 3 atom stereocenters. The van der Waals surface area contributed by atoms with Crippen LogP contribution in [0, 0.1) is 0 Å². The summed E-state index contributed by atoms with van der Waals surface area (Å²) in [6.07, 6.45) is 2.00. The van der Waals surface area contributed by atoms with Crippen LogP contribution in [-0.4, -0.2) is 38.0 Å². The first-order chi connectivity index (χ1) is 9.76. The van der Waals surface area contributed by atoms with Crippen molar-refractivity contribution in [2.45, 2.75) is 37.0 Å². The van der Waals surface area contributed by atoms with Crippen molar-refractivity contribution in [1.29, 1.82) is 0 Å². The number of aryl methyl sites for hydroxylation is 1. The number of benzene rings is 1. The van der Waals surface area contributed by atoms with E-state index in [1.54, 1.807) is 6.92 Å². The minimum Gasteiger partial charge on any atom is -0.465 e. The van der Waals surface area contributed by atoms with Crippen molar-refractivity contribution in [1.82, 2.24) is 0 Å². The van der Waals surface area contributed by atoms with Crippen LogP contribution >= 0.6 is 0 Å². The first kappa shape index (κ1) is 16.0. The van der Waals surface area contributed by atoms with E-state index in [2.05, 4.69) is 0 Å². The topological polar surface area (TPSA) is 86.5 Å². The van der Waals surface area contributed by atoms with Crippen LogP contribution in [0.25, 0.3) is 0 Å². The molecular formula is C15H21NO4S. The van der Waals surface area contributed by atoms with E-state index in [-0.39, 0.29) is 6.61 Å². The van der Waals surface area contributed by atoms with E-state index >= 15 is 0 Å². The summed E-state index contributed by atoms with van der Waals surface area (Å²) in [6, 6.07) is 7.54. The van der Waals surface area contributed by atoms with Crippen LogP contribution in [0.2, 0.25) is 0 Å². The predicted molar refractivity (Wildman–Crippen MR) is 80.7 cm³/mol. The van der Waals surface area contributed by atoms with Crippen LogP contribution in [0.5, 0.6) is 0 Å². The molecule has 1 aliphatic carbocycles. The number of nitrogens with two attached hydrogens (primary N) is 1. The van der Waals surface area contributed by atoms with Gasteiger partial charge in [-0.1, -0.05) is 31.2 Å². The number of hydrogen-bond acceptors (Lipinski definition) is 5. The molecule has 0 aliphatic heterocycles. The fourth-order valence-electron chi connectivity index (χ4n) is 2.89. The van der Waals surface area contributed by atoms with Crippen molar-refractivity contribution in [2.75, 3.05) is 12.9 Å². The van der Waals surface area contributed by atoms with E-state index in [1.807, 2.05) is 31.2 Å². The number of esters is 1. The molecule has 0 heterocycles. The Hall–Kier alpha value is -1.40. The maximum atomic E-state index is 12.1. The number of hydrogen-bond donors (Lipinski definition) is 1. The van der Waals surface area contributed by atoms with E-state index in [0.717, 1.165) is 23.8 Å². The second kappa shape index (κ2) is 5.42. The molecule has 116 valence electrons. The van der Waals surface area contributed by atoms with E-state index in [4.69, 9.17) is 10.5 Å². The molecule has 0 spiro atoms. The first-order valence-electron chi connectivity index (χ1n) is 7.00. The van der Waals surface area contributed by atoms with Gasteiger partial charge in [-0.05, 0) is 24.5 Å². The van der Waals surface area contributed by atoms with Gasteiger partial charge in [-0.15, -0.1) is 0 Å². The van der Waals surface area contributed by atoms with E-state index in [1.165, 1.54) is 0 Å². The van der Waals surface area contributed by atoms with Crippen LogP contribution in [0.4, 0.5) is 0 Å². The molecule has 5 nitrogen and oxygen atoms in total. The first-order valence-corrected chi connectivity index (χ1v) is 8.96. The molecule has 2 rings (SSSR count). The van der Waals surface area contributed by atoms with Gasteiger partial charge in [-0.2, -0.15) is 0 Å². The lowest BCUT2D eigenvalue weighted by molar-refractivity contribution is -0.145. The van der Waals surface area contributed by atoms with Crippen LogP contribution in [0.3, 0.4) is 0 Å². The van der Waals surface area contributed by atoms with Gasteiger partial charge >= 0.3 is 5.97 Å². The summed E-state index contributed by atoms with van der Waals surface area (Å²) >= 11 is 0. The number of sulfone groups is 1. The van der Waals surface area contributed by atoms with E-state index < -0.39 is 32.5 Å². The maximum Gasteiger partial charge on any atom is 0.328 e. The maximum absolute atomic E-state index is 12.1. The highest BCUT2D eigenvalue weighted by molar-refractivity contribution is 7.91. The molecule has 0 radical (unpaired) electrons. The smallest absolute Gasteiger partial charge is 0.328 e. The van der Waals surface area contributed by atoms with Crippen LogP contribution < -0.4 is 5.73 Å². The Kier molecular flexibility index (Phi) is 4.13. The molecule has 1 aliphatic rings. The second-order valence-corrected chi connectivity index (χ2v) is 7.64. The summed E-state index contributed by atoms with van der Waals surface area (Å²) in [5, 5.41) is -0.920.